The third-order valence-corrected chi connectivity index (χ3v) is 4.03. The number of nitrogens with one attached hydrogen (secondary N) is 1. The number of ether oxygens (including phenoxy) is 1. The van der Waals surface area contributed by atoms with Crippen LogP contribution in [0.5, 0.6) is 5.88 Å². The van der Waals surface area contributed by atoms with Crippen molar-refractivity contribution in [2.45, 2.75) is 53.8 Å². The van der Waals surface area contributed by atoms with Crippen molar-refractivity contribution in [2.75, 3.05) is 5.32 Å². The SMILES string of the molecule is Cc1cc(OCc2ccccc2C(F)(F)F)nc(C)c1NC(=O)CC(C)(C)C. The first-order valence-electron chi connectivity index (χ1n) is 8.93. The molecule has 0 saturated heterocycles. The van der Waals surface area contributed by atoms with Gasteiger partial charge in [-0.15, -0.1) is 0 Å². The van der Waals surface area contributed by atoms with Crippen LogP contribution < -0.4 is 10.1 Å². The van der Waals surface area contributed by atoms with Gasteiger partial charge in [-0.25, -0.2) is 4.98 Å². The molecule has 1 heterocycles. The van der Waals surface area contributed by atoms with Gasteiger partial charge in [-0.1, -0.05) is 39.0 Å². The van der Waals surface area contributed by atoms with Gasteiger partial charge in [-0.2, -0.15) is 13.2 Å². The lowest BCUT2D eigenvalue weighted by molar-refractivity contribution is -0.138. The van der Waals surface area contributed by atoms with Crippen LogP contribution in [0.25, 0.3) is 0 Å². The van der Waals surface area contributed by atoms with Gasteiger partial charge in [0.25, 0.3) is 0 Å². The molecule has 2 aromatic rings. The molecular weight excluding hydrogens is 369 g/mol. The number of alkyl halides is 3. The maximum Gasteiger partial charge on any atom is 0.416 e. The van der Waals surface area contributed by atoms with Crippen LogP contribution in [0.3, 0.4) is 0 Å². The molecule has 2 rings (SSSR count). The average molecular weight is 394 g/mol. The van der Waals surface area contributed by atoms with Crippen molar-refractivity contribution in [3.05, 3.63) is 52.7 Å². The van der Waals surface area contributed by atoms with Crippen LogP contribution in [0.1, 0.15) is 49.6 Å². The van der Waals surface area contributed by atoms with E-state index < -0.39 is 11.7 Å². The molecule has 1 aromatic heterocycles. The molecule has 1 amide bonds. The standard InChI is InChI=1S/C21H25F3N2O2/c1-13-10-18(25-14(2)19(13)26-17(27)11-20(3,4)5)28-12-15-8-6-7-9-16(15)21(22,23)24/h6-10H,11-12H2,1-5H3,(H,26,27). The summed E-state index contributed by atoms with van der Waals surface area (Å²) in [5, 5.41) is 2.86. The lowest BCUT2D eigenvalue weighted by atomic mass is 9.92. The van der Waals surface area contributed by atoms with Gasteiger partial charge < -0.3 is 10.1 Å². The first-order chi connectivity index (χ1) is 12.9. The minimum atomic E-state index is -4.44. The van der Waals surface area contributed by atoms with E-state index in [1.54, 1.807) is 19.9 Å². The number of hydrogen-bond donors (Lipinski definition) is 1. The monoisotopic (exact) mass is 394 g/mol. The molecule has 152 valence electrons. The Morgan fingerprint density at radius 2 is 1.79 bits per heavy atom. The molecule has 7 heteroatoms. The van der Waals surface area contributed by atoms with Gasteiger partial charge in [0.2, 0.25) is 11.8 Å². The molecule has 1 aromatic carbocycles. The molecule has 4 nitrogen and oxygen atoms in total. The number of aryl methyl sites for hydroxylation is 2. The minimum absolute atomic E-state index is 0.0367. The number of benzene rings is 1. The first-order valence-corrected chi connectivity index (χ1v) is 8.93. The highest BCUT2D eigenvalue weighted by atomic mass is 19.4. The van der Waals surface area contributed by atoms with E-state index in [1.807, 2.05) is 20.8 Å². The fourth-order valence-corrected chi connectivity index (χ4v) is 2.80. The van der Waals surface area contributed by atoms with E-state index in [2.05, 4.69) is 10.3 Å². The highest BCUT2D eigenvalue weighted by molar-refractivity contribution is 5.92. The first kappa shape index (κ1) is 21.7. The second kappa shape index (κ2) is 8.20. The number of rotatable bonds is 5. The van der Waals surface area contributed by atoms with Gasteiger partial charge in [0, 0.05) is 18.1 Å². The summed E-state index contributed by atoms with van der Waals surface area (Å²) in [5.41, 5.74) is 1.03. The zero-order chi connectivity index (χ0) is 21.1. The topological polar surface area (TPSA) is 51.2 Å². The highest BCUT2D eigenvalue weighted by Gasteiger charge is 2.33. The predicted octanol–water partition coefficient (Wildman–Crippen LogP) is 5.67. The Labute approximate surface area is 163 Å². The Morgan fingerprint density at radius 1 is 1.14 bits per heavy atom. The molecule has 0 aliphatic heterocycles. The third-order valence-electron chi connectivity index (χ3n) is 4.03. The van der Waals surface area contributed by atoms with Gasteiger partial charge in [0.15, 0.2) is 0 Å². The van der Waals surface area contributed by atoms with E-state index in [9.17, 15) is 18.0 Å². The number of amides is 1. The largest absolute Gasteiger partial charge is 0.473 e. The average Bonchev–Trinajstić information content (AvgIpc) is 2.54. The Morgan fingerprint density at radius 3 is 2.36 bits per heavy atom. The van der Waals surface area contributed by atoms with Gasteiger partial charge >= 0.3 is 6.18 Å². The van der Waals surface area contributed by atoms with Crippen LogP contribution in [-0.4, -0.2) is 10.9 Å². The van der Waals surface area contributed by atoms with Crippen molar-refractivity contribution in [1.29, 1.82) is 0 Å². The number of halogens is 3. The van der Waals surface area contributed by atoms with Gasteiger partial charge in [0.05, 0.1) is 16.9 Å². The Kier molecular flexibility index (Phi) is 6.37. The molecule has 0 radical (unpaired) electrons. The molecule has 0 atom stereocenters. The summed E-state index contributed by atoms with van der Waals surface area (Å²) in [5.74, 6) is 0.0917. The number of nitrogens with zero attached hydrogens (tertiary/aromatic N) is 1. The van der Waals surface area contributed by atoms with Crippen LogP contribution >= 0.6 is 0 Å². The molecule has 0 spiro atoms. The van der Waals surface area contributed by atoms with Crippen LogP contribution in [0.4, 0.5) is 18.9 Å². The lowest BCUT2D eigenvalue weighted by Crippen LogP contribution is -2.21. The lowest BCUT2D eigenvalue weighted by Gasteiger charge is -2.19. The fourth-order valence-electron chi connectivity index (χ4n) is 2.80. The number of carbonyl (C=O) groups is 1. The van der Waals surface area contributed by atoms with Gasteiger partial charge in [-0.3, -0.25) is 4.79 Å². The number of hydrogen-bond acceptors (Lipinski definition) is 3. The third kappa shape index (κ3) is 5.97. The summed E-state index contributed by atoms with van der Waals surface area (Å²) in [6, 6.07) is 6.88. The summed E-state index contributed by atoms with van der Waals surface area (Å²) in [4.78, 5) is 16.5. The molecule has 0 aliphatic rings. The summed E-state index contributed by atoms with van der Waals surface area (Å²) in [6.45, 7) is 9.17. The van der Waals surface area contributed by atoms with E-state index in [4.69, 9.17) is 4.74 Å². The molecule has 0 bridgehead atoms. The quantitative estimate of drug-likeness (QED) is 0.711. The van der Waals surface area contributed by atoms with Crippen molar-refractivity contribution in [3.63, 3.8) is 0 Å². The summed E-state index contributed by atoms with van der Waals surface area (Å²) in [6.07, 6.45) is -4.08. The van der Waals surface area contributed by atoms with Crippen molar-refractivity contribution in [1.82, 2.24) is 4.98 Å². The Balaban J connectivity index is 2.15. The smallest absolute Gasteiger partial charge is 0.416 e. The number of pyridine rings is 1. The predicted molar refractivity (Wildman–Crippen MR) is 102 cm³/mol. The maximum atomic E-state index is 13.1. The van der Waals surface area contributed by atoms with Crippen LogP contribution in [-0.2, 0) is 17.6 Å². The fraction of sp³-hybridized carbons (Fsp3) is 0.429. The van der Waals surface area contributed by atoms with E-state index in [1.165, 1.54) is 18.2 Å². The molecule has 28 heavy (non-hydrogen) atoms. The van der Waals surface area contributed by atoms with Crippen molar-refractivity contribution in [3.8, 4) is 5.88 Å². The normalized spacial score (nSPS) is 12.0. The van der Waals surface area contributed by atoms with Crippen molar-refractivity contribution in [2.24, 2.45) is 5.41 Å². The van der Waals surface area contributed by atoms with Crippen molar-refractivity contribution < 1.29 is 22.7 Å². The summed E-state index contributed by atoms with van der Waals surface area (Å²) in [7, 11) is 0. The molecule has 1 N–H and O–H groups in total. The summed E-state index contributed by atoms with van der Waals surface area (Å²) >= 11 is 0. The van der Waals surface area contributed by atoms with E-state index in [-0.39, 0.29) is 29.4 Å². The minimum Gasteiger partial charge on any atom is -0.473 e. The number of aromatic nitrogens is 1. The number of carbonyl (C=O) groups excluding carboxylic acids is 1. The zero-order valence-corrected chi connectivity index (χ0v) is 16.7. The maximum absolute atomic E-state index is 13.1. The van der Waals surface area contributed by atoms with Crippen LogP contribution in [0.2, 0.25) is 0 Å². The van der Waals surface area contributed by atoms with Crippen LogP contribution in [0.15, 0.2) is 30.3 Å². The van der Waals surface area contributed by atoms with Gasteiger partial charge in [-0.05, 0) is 30.9 Å². The highest BCUT2D eigenvalue weighted by Crippen LogP contribution is 2.32. The molecule has 0 aliphatic carbocycles. The Bertz CT molecular complexity index is 832. The molecular formula is C21H25F3N2O2. The van der Waals surface area contributed by atoms with Crippen molar-refractivity contribution >= 4 is 11.6 Å². The zero-order valence-electron chi connectivity index (χ0n) is 16.7. The molecule has 0 unspecified atom stereocenters. The van der Waals surface area contributed by atoms with E-state index in [0.717, 1.165) is 11.6 Å². The van der Waals surface area contributed by atoms with Crippen LogP contribution in [0, 0.1) is 19.3 Å². The summed E-state index contributed by atoms with van der Waals surface area (Å²) < 4.78 is 44.8. The van der Waals surface area contributed by atoms with E-state index >= 15 is 0 Å². The molecule has 0 fully saturated rings. The second-order valence-electron chi connectivity index (χ2n) is 7.97. The van der Waals surface area contributed by atoms with Gasteiger partial charge in [0.1, 0.15) is 6.61 Å². The molecule has 0 saturated carbocycles. The number of anilines is 1. The Hall–Kier alpha value is -2.57. The van der Waals surface area contributed by atoms with E-state index in [0.29, 0.717) is 17.8 Å². The second-order valence-corrected chi connectivity index (χ2v) is 7.97.